The first-order chi connectivity index (χ1) is 12.9. The van der Waals surface area contributed by atoms with E-state index in [0.29, 0.717) is 45.9 Å². The average Bonchev–Trinajstić information content (AvgIpc) is 2.87. The quantitative estimate of drug-likeness (QED) is 0.788. The molecule has 0 radical (unpaired) electrons. The number of fused-ring (bicyclic) bond motifs is 1. The second-order valence-electron chi connectivity index (χ2n) is 6.54. The minimum absolute atomic E-state index is 0.0564. The number of carbonyl (C=O) groups excluding carboxylic acids is 2. The molecule has 4 rings (SSSR count). The number of carbonyl (C=O) groups is 2. The van der Waals surface area contributed by atoms with Crippen molar-refractivity contribution in [2.24, 2.45) is 0 Å². The standard InChI is InChI=1S/C19H16Cl2N2O4/c1-19(12-3-5-15-16(8-12)27-7-6-26-15)17(24)23(18(25)22-19)10-11-2-4-13(20)9-14(11)21/h2-5,8-9H,6-7,10H2,1H3,(H,22,25)/t19-/m1/s1. The molecular formula is C19H16Cl2N2O4. The number of nitrogens with zero attached hydrogens (tertiary/aromatic N) is 1. The predicted molar refractivity (Wildman–Crippen MR) is 100 cm³/mol. The summed E-state index contributed by atoms with van der Waals surface area (Å²) in [5.41, 5.74) is 0.0528. The molecule has 6 nitrogen and oxygen atoms in total. The Kier molecular flexibility index (Phi) is 4.40. The highest BCUT2D eigenvalue weighted by molar-refractivity contribution is 6.35. The lowest BCUT2D eigenvalue weighted by atomic mass is 9.91. The minimum atomic E-state index is -1.20. The van der Waals surface area contributed by atoms with E-state index in [2.05, 4.69) is 5.32 Å². The maximum absolute atomic E-state index is 13.1. The fourth-order valence-electron chi connectivity index (χ4n) is 3.21. The van der Waals surface area contributed by atoms with Gasteiger partial charge in [0.05, 0.1) is 6.54 Å². The molecule has 2 aromatic carbocycles. The highest BCUT2D eigenvalue weighted by Crippen LogP contribution is 2.37. The van der Waals surface area contributed by atoms with Gasteiger partial charge in [0.25, 0.3) is 5.91 Å². The zero-order chi connectivity index (χ0) is 19.2. The van der Waals surface area contributed by atoms with Crippen molar-refractivity contribution in [2.75, 3.05) is 13.2 Å². The van der Waals surface area contributed by atoms with Gasteiger partial charge in [-0.3, -0.25) is 9.69 Å². The van der Waals surface area contributed by atoms with Crippen LogP contribution in [0.15, 0.2) is 36.4 Å². The fourth-order valence-corrected chi connectivity index (χ4v) is 3.68. The maximum atomic E-state index is 13.1. The van der Waals surface area contributed by atoms with E-state index in [0.717, 1.165) is 4.90 Å². The smallest absolute Gasteiger partial charge is 0.325 e. The molecule has 0 aromatic heterocycles. The summed E-state index contributed by atoms with van der Waals surface area (Å²) in [5.74, 6) is 0.812. The average molecular weight is 407 g/mol. The Labute approximate surface area is 165 Å². The molecule has 2 aliphatic heterocycles. The van der Waals surface area contributed by atoms with Crippen LogP contribution < -0.4 is 14.8 Å². The molecule has 1 N–H and O–H groups in total. The number of rotatable bonds is 3. The van der Waals surface area contributed by atoms with Crippen LogP contribution in [0.4, 0.5) is 4.79 Å². The lowest BCUT2D eigenvalue weighted by Gasteiger charge is -2.25. The first-order valence-electron chi connectivity index (χ1n) is 8.36. The molecule has 2 aromatic rings. The van der Waals surface area contributed by atoms with Gasteiger partial charge in [-0.1, -0.05) is 35.3 Å². The number of amides is 3. The van der Waals surface area contributed by atoms with Gasteiger partial charge in [0.2, 0.25) is 0 Å². The van der Waals surface area contributed by atoms with Crippen LogP contribution in [-0.4, -0.2) is 30.1 Å². The second-order valence-corrected chi connectivity index (χ2v) is 7.38. The monoisotopic (exact) mass is 406 g/mol. The van der Waals surface area contributed by atoms with E-state index in [1.165, 1.54) is 0 Å². The molecule has 0 saturated carbocycles. The van der Waals surface area contributed by atoms with Gasteiger partial charge >= 0.3 is 6.03 Å². The van der Waals surface area contributed by atoms with Crippen LogP contribution in [0.1, 0.15) is 18.1 Å². The summed E-state index contributed by atoms with van der Waals surface area (Å²) in [4.78, 5) is 26.7. The highest BCUT2D eigenvalue weighted by atomic mass is 35.5. The third-order valence-corrected chi connectivity index (χ3v) is 5.33. The molecule has 8 heteroatoms. The predicted octanol–water partition coefficient (Wildman–Crippen LogP) is 3.73. The molecular weight excluding hydrogens is 391 g/mol. The zero-order valence-corrected chi connectivity index (χ0v) is 15.9. The van der Waals surface area contributed by atoms with Crippen LogP contribution in [0.3, 0.4) is 0 Å². The summed E-state index contributed by atoms with van der Waals surface area (Å²) < 4.78 is 11.1. The second kappa shape index (κ2) is 6.62. The van der Waals surface area contributed by atoms with Gasteiger partial charge in [0.15, 0.2) is 11.5 Å². The van der Waals surface area contributed by atoms with E-state index < -0.39 is 11.6 Å². The third kappa shape index (κ3) is 3.09. The van der Waals surface area contributed by atoms with Gasteiger partial charge in [-0.2, -0.15) is 0 Å². The molecule has 0 unspecified atom stereocenters. The van der Waals surface area contributed by atoms with E-state index in [4.69, 9.17) is 32.7 Å². The first-order valence-corrected chi connectivity index (χ1v) is 9.12. The van der Waals surface area contributed by atoms with Crippen LogP contribution in [0, 0.1) is 0 Å². The molecule has 2 heterocycles. The molecule has 0 spiro atoms. The summed E-state index contributed by atoms with van der Waals surface area (Å²) in [5, 5.41) is 3.66. The number of ether oxygens (including phenoxy) is 2. The van der Waals surface area contributed by atoms with Crippen LogP contribution in [0.5, 0.6) is 11.5 Å². The van der Waals surface area contributed by atoms with E-state index in [1.54, 1.807) is 43.3 Å². The van der Waals surface area contributed by atoms with Crippen molar-refractivity contribution >= 4 is 35.1 Å². The zero-order valence-electron chi connectivity index (χ0n) is 14.4. The molecule has 1 fully saturated rings. The number of benzene rings is 2. The van der Waals surface area contributed by atoms with Crippen molar-refractivity contribution in [1.29, 1.82) is 0 Å². The Morgan fingerprint density at radius 1 is 1.07 bits per heavy atom. The van der Waals surface area contributed by atoms with Crippen LogP contribution >= 0.6 is 23.2 Å². The van der Waals surface area contributed by atoms with Crippen LogP contribution in [-0.2, 0) is 16.9 Å². The topological polar surface area (TPSA) is 67.9 Å². The Bertz CT molecular complexity index is 949. The van der Waals surface area contributed by atoms with Crippen LogP contribution in [0.25, 0.3) is 0 Å². The number of nitrogens with one attached hydrogen (secondary N) is 1. The van der Waals surface area contributed by atoms with Crippen molar-refractivity contribution < 1.29 is 19.1 Å². The number of urea groups is 1. The molecule has 27 heavy (non-hydrogen) atoms. The first kappa shape index (κ1) is 17.9. The molecule has 140 valence electrons. The summed E-state index contributed by atoms with van der Waals surface area (Å²) >= 11 is 12.1. The van der Waals surface area contributed by atoms with Crippen molar-refractivity contribution in [3.05, 3.63) is 57.6 Å². The fraction of sp³-hybridized carbons (Fsp3) is 0.263. The van der Waals surface area contributed by atoms with Gasteiger partial charge in [0, 0.05) is 10.0 Å². The van der Waals surface area contributed by atoms with Crippen molar-refractivity contribution in [3.8, 4) is 11.5 Å². The van der Waals surface area contributed by atoms with Gasteiger partial charge in [0.1, 0.15) is 18.8 Å². The normalized spacial score (nSPS) is 21.4. The summed E-state index contributed by atoms with van der Waals surface area (Å²) in [7, 11) is 0. The number of hydrogen-bond donors (Lipinski definition) is 1. The summed E-state index contributed by atoms with van der Waals surface area (Å²) in [6, 6.07) is 9.69. The third-order valence-electron chi connectivity index (χ3n) is 4.74. The summed E-state index contributed by atoms with van der Waals surface area (Å²) in [6.07, 6.45) is 0. The SMILES string of the molecule is C[C@]1(c2ccc3c(c2)OCCO3)NC(=O)N(Cc2ccc(Cl)cc2Cl)C1=O. The number of halogens is 2. The van der Waals surface area contributed by atoms with Gasteiger partial charge < -0.3 is 14.8 Å². The summed E-state index contributed by atoms with van der Waals surface area (Å²) in [6.45, 7) is 2.65. The number of hydrogen-bond acceptors (Lipinski definition) is 4. The number of imide groups is 1. The Hall–Kier alpha value is -2.44. The van der Waals surface area contributed by atoms with E-state index >= 15 is 0 Å². The molecule has 3 amide bonds. The molecule has 2 aliphatic rings. The van der Waals surface area contributed by atoms with Crippen molar-refractivity contribution in [1.82, 2.24) is 10.2 Å². The van der Waals surface area contributed by atoms with E-state index in [9.17, 15) is 9.59 Å². The molecule has 1 atom stereocenters. The Morgan fingerprint density at radius 2 is 1.81 bits per heavy atom. The van der Waals surface area contributed by atoms with E-state index in [1.807, 2.05) is 0 Å². The van der Waals surface area contributed by atoms with Gasteiger partial charge in [-0.05, 0) is 42.3 Å². The molecule has 0 aliphatic carbocycles. The lowest BCUT2D eigenvalue weighted by molar-refractivity contribution is -0.131. The van der Waals surface area contributed by atoms with Gasteiger partial charge in [-0.25, -0.2) is 4.79 Å². The lowest BCUT2D eigenvalue weighted by Crippen LogP contribution is -2.41. The van der Waals surface area contributed by atoms with Crippen molar-refractivity contribution in [2.45, 2.75) is 19.0 Å². The van der Waals surface area contributed by atoms with Crippen LogP contribution in [0.2, 0.25) is 10.0 Å². The highest BCUT2D eigenvalue weighted by Gasteiger charge is 2.49. The Balaban J connectivity index is 1.63. The van der Waals surface area contributed by atoms with E-state index in [-0.39, 0.29) is 12.5 Å². The molecule has 1 saturated heterocycles. The van der Waals surface area contributed by atoms with Crippen molar-refractivity contribution in [3.63, 3.8) is 0 Å². The minimum Gasteiger partial charge on any atom is -0.486 e. The molecule has 0 bridgehead atoms. The largest absolute Gasteiger partial charge is 0.486 e. The Morgan fingerprint density at radius 3 is 2.56 bits per heavy atom. The maximum Gasteiger partial charge on any atom is 0.325 e. The van der Waals surface area contributed by atoms with Gasteiger partial charge in [-0.15, -0.1) is 0 Å².